The van der Waals surface area contributed by atoms with Gasteiger partial charge in [-0.05, 0) is 51.3 Å². The van der Waals surface area contributed by atoms with Gasteiger partial charge in [-0.3, -0.25) is 0 Å². The predicted octanol–water partition coefficient (Wildman–Crippen LogP) is 4.39. The number of hydrogen-bond acceptors (Lipinski definition) is 5. The minimum absolute atomic E-state index is 0.131. The highest BCUT2D eigenvalue weighted by molar-refractivity contribution is 9.10. The molecular formula is C24H28BrClN2O4. The van der Waals surface area contributed by atoms with Crippen molar-refractivity contribution in [1.82, 2.24) is 9.55 Å². The molecule has 2 atom stereocenters. The number of imidazole rings is 1. The van der Waals surface area contributed by atoms with Gasteiger partial charge in [-0.1, -0.05) is 32.0 Å². The van der Waals surface area contributed by atoms with E-state index in [0.29, 0.717) is 18.0 Å². The molecule has 0 aliphatic rings. The molecule has 0 unspecified atom stereocenters. The number of aliphatic hydroxyl groups is 2. The van der Waals surface area contributed by atoms with Gasteiger partial charge in [-0.2, -0.15) is 0 Å². The van der Waals surface area contributed by atoms with Crippen molar-refractivity contribution in [2.45, 2.75) is 38.0 Å². The van der Waals surface area contributed by atoms with Gasteiger partial charge in [0, 0.05) is 17.8 Å². The van der Waals surface area contributed by atoms with Gasteiger partial charge in [0.15, 0.2) is 0 Å². The minimum Gasteiger partial charge on any atom is -0.491 e. The maximum atomic E-state index is 10.1. The van der Waals surface area contributed by atoms with Gasteiger partial charge in [-0.15, -0.1) is 11.6 Å². The standard InChI is InChI=1S/C24H28BrClN2O4/c1-24(2,18-5-8-23(22(25)11-18)32-14-19(29)12-26)17-3-6-21(7-4-17)31-15-20(30)13-28-10-9-27-16-28/h3-11,16,19-20,29-30H,12-15H2,1-2H3/t19-,20-/m0/s1. The van der Waals surface area contributed by atoms with E-state index in [0.717, 1.165) is 15.6 Å². The van der Waals surface area contributed by atoms with E-state index in [9.17, 15) is 10.2 Å². The van der Waals surface area contributed by atoms with Gasteiger partial charge in [0.2, 0.25) is 0 Å². The Morgan fingerprint density at radius 3 is 2.34 bits per heavy atom. The van der Waals surface area contributed by atoms with Crippen LogP contribution < -0.4 is 9.47 Å². The maximum Gasteiger partial charge on any atom is 0.133 e. The summed E-state index contributed by atoms with van der Waals surface area (Å²) in [4.78, 5) is 3.97. The van der Waals surface area contributed by atoms with E-state index in [1.54, 1.807) is 18.7 Å². The monoisotopic (exact) mass is 522 g/mol. The van der Waals surface area contributed by atoms with Crippen LogP contribution in [0.4, 0.5) is 0 Å². The number of hydrogen-bond donors (Lipinski definition) is 2. The first-order valence-electron chi connectivity index (χ1n) is 10.3. The molecule has 2 aromatic carbocycles. The Morgan fingerprint density at radius 2 is 1.72 bits per heavy atom. The topological polar surface area (TPSA) is 76.7 Å². The molecule has 8 heteroatoms. The minimum atomic E-state index is -0.701. The van der Waals surface area contributed by atoms with E-state index in [1.165, 1.54) is 0 Å². The molecule has 0 aliphatic heterocycles. The third-order valence-corrected chi connectivity index (χ3v) is 6.24. The van der Waals surface area contributed by atoms with E-state index in [-0.39, 0.29) is 24.5 Å². The first-order valence-corrected chi connectivity index (χ1v) is 11.7. The Labute approximate surface area is 201 Å². The van der Waals surface area contributed by atoms with Crippen molar-refractivity contribution in [3.05, 3.63) is 76.8 Å². The predicted molar refractivity (Wildman–Crippen MR) is 129 cm³/mol. The van der Waals surface area contributed by atoms with Crippen LogP contribution in [-0.2, 0) is 12.0 Å². The molecule has 1 heterocycles. The number of nitrogens with zero attached hydrogens (tertiary/aromatic N) is 2. The molecule has 0 saturated carbocycles. The second-order valence-electron chi connectivity index (χ2n) is 8.14. The Balaban J connectivity index is 1.62. The molecule has 6 nitrogen and oxygen atoms in total. The Bertz CT molecular complexity index is 980. The van der Waals surface area contributed by atoms with Crippen LogP contribution in [-0.4, -0.2) is 51.1 Å². The largest absolute Gasteiger partial charge is 0.491 e. The zero-order chi connectivity index (χ0) is 23.1. The fourth-order valence-corrected chi connectivity index (χ4v) is 3.84. The van der Waals surface area contributed by atoms with Crippen molar-refractivity contribution in [1.29, 1.82) is 0 Å². The van der Waals surface area contributed by atoms with Gasteiger partial charge in [-0.25, -0.2) is 4.98 Å². The van der Waals surface area contributed by atoms with E-state index in [1.807, 2.05) is 47.0 Å². The molecule has 3 aromatic rings. The first kappa shape index (κ1) is 24.6. The van der Waals surface area contributed by atoms with E-state index in [2.05, 4.69) is 34.8 Å². The lowest BCUT2D eigenvalue weighted by molar-refractivity contribution is 0.0924. The number of ether oxygens (including phenoxy) is 2. The highest BCUT2D eigenvalue weighted by Crippen LogP contribution is 2.36. The molecule has 0 aliphatic carbocycles. The van der Waals surface area contributed by atoms with E-state index >= 15 is 0 Å². The van der Waals surface area contributed by atoms with E-state index < -0.39 is 12.2 Å². The smallest absolute Gasteiger partial charge is 0.133 e. The van der Waals surface area contributed by atoms with Crippen LogP contribution in [0.5, 0.6) is 11.5 Å². The molecule has 3 rings (SSSR count). The van der Waals surface area contributed by atoms with Crippen molar-refractivity contribution in [2.24, 2.45) is 0 Å². The number of rotatable bonds is 11. The van der Waals surface area contributed by atoms with Crippen molar-refractivity contribution in [3.8, 4) is 11.5 Å². The lowest BCUT2D eigenvalue weighted by atomic mass is 9.78. The van der Waals surface area contributed by atoms with Crippen LogP contribution in [0.15, 0.2) is 65.7 Å². The molecular weight excluding hydrogens is 496 g/mol. The van der Waals surface area contributed by atoms with Crippen LogP contribution in [0.2, 0.25) is 0 Å². The van der Waals surface area contributed by atoms with E-state index in [4.69, 9.17) is 21.1 Å². The van der Waals surface area contributed by atoms with Gasteiger partial charge in [0.1, 0.15) is 36.9 Å². The van der Waals surface area contributed by atoms with Gasteiger partial charge in [0.25, 0.3) is 0 Å². The zero-order valence-corrected chi connectivity index (χ0v) is 20.5. The average Bonchev–Trinajstić information content (AvgIpc) is 3.29. The number of aromatic nitrogens is 2. The third kappa shape index (κ3) is 6.48. The summed E-state index contributed by atoms with van der Waals surface area (Å²) < 4.78 is 14.0. The van der Waals surface area contributed by atoms with Gasteiger partial charge >= 0.3 is 0 Å². The summed E-state index contributed by atoms with van der Waals surface area (Å²) in [6.07, 6.45) is 3.83. The van der Waals surface area contributed by atoms with Crippen LogP contribution >= 0.6 is 27.5 Å². The second-order valence-corrected chi connectivity index (χ2v) is 9.30. The summed E-state index contributed by atoms with van der Waals surface area (Å²) in [7, 11) is 0. The van der Waals surface area contributed by atoms with Crippen LogP contribution in [0.1, 0.15) is 25.0 Å². The summed E-state index contributed by atoms with van der Waals surface area (Å²) >= 11 is 9.18. The summed E-state index contributed by atoms with van der Waals surface area (Å²) in [5.74, 6) is 1.50. The first-order chi connectivity index (χ1) is 15.3. The Hall–Kier alpha value is -2.06. The number of benzene rings is 2. The van der Waals surface area contributed by atoms with Crippen molar-refractivity contribution >= 4 is 27.5 Å². The molecule has 172 valence electrons. The fraction of sp³-hybridized carbons (Fsp3) is 0.375. The highest BCUT2D eigenvalue weighted by atomic mass is 79.9. The quantitative estimate of drug-likeness (QED) is 0.365. The molecule has 0 bridgehead atoms. The molecule has 0 spiro atoms. The number of aliphatic hydroxyl groups excluding tert-OH is 2. The Kier molecular flexibility index (Phi) is 8.59. The van der Waals surface area contributed by atoms with Crippen LogP contribution in [0, 0.1) is 0 Å². The molecule has 32 heavy (non-hydrogen) atoms. The lowest BCUT2D eigenvalue weighted by Crippen LogP contribution is -2.23. The maximum absolute atomic E-state index is 10.1. The average molecular weight is 524 g/mol. The summed E-state index contributed by atoms with van der Waals surface area (Å²) in [5.41, 5.74) is 1.98. The summed E-state index contributed by atoms with van der Waals surface area (Å²) in [6, 6.07) is 13.8. The fourth-order valence-electron chi connectivity index (χ4n) is 3.25. The van der Waals surface area contributed by atoms with Gasteiger partial charge < -0.3 is 24.3 Å². The van der Waals surface area contributed by atoms with Crippen molar-refractivity contribution < 1.29 is 19.7 Å². The second kappa shape index (κ2) is 11.2. The van der Waals surface area contributed by atoms with Gasteiger partial charge in [0.05, 0.1) is 23.2 Å². The zero-order valence-electron chi connectivity index (χ0n) is 18.1. The van der Waals surface area contributed by atoms with Crippen molar-refractivity contribution in [3.63, 3.8) is 0 Å². The summed E-state index contributed by atoms with van der Waals surface area (Å²) in [6.45, 7) is 5.08. The van der Waals surface area contributed by atoms with Crippen LogP contribution in [0.25, 0.3) is 0 Å². The molecule has 1 aromatic heterocycles. The lowest BCUT2D eigenvalue weighted by Gasteiger charge is -2.27. The van der Waals surface area contributed by atoms with Crippen molar-refractivity contribution in [2.75, 3.05) is 19.1 Å². The van der Waals surface area contributed by atoms with Crippen LogP contribution in [0.3, 0.4) is 0 Å². The normalized spacial score (nSPS) is 13.6. The third-order valence-electron chi connectivity index (χ3n) is 5.26. The molecule has 2 N–H and O–H groups in total. The highest BCUT2D eigenvalue weighted by Gasteiger charge is 2.24. The molecule has 0 amide bonds. The molecule has 0 saturated heterocycles. The Morgan fingerprint density at radius 1 is 1.03 bits per heavy atom. The number of halogens is 2. The molecule has 0 radical (unpaired) electrons. The number of alkyl halides is 1. The summed E-state index contributed by atoms with van der Waals surface area (Å²) in [5, 5.41) is 19.7. The molecule has 0 fully saturated rings. The SMILES string of the molecule is CC(C)(c1ccc(OC[C@@H](O)Cn2ccnc2)cc1)c1ccc(OC[C@@H](O)CCl)c(Br)c1.